The van der Waals surface area contributed by atoms with Crippen molar-refractivity contribution in [3.05, 3.63) is 65.2 Å². The van der Waals surface area contributed by atoms with Gasteiger partial charge < -0.3 is 15.0 Å². The van der Waals surface area contributed by atoms with Crippen LogP contribution >= 0.6 is 0 Å². The van der Waals surface area contributed by atoms with Crippen molar-refractivity contribution in [2.45, 2.75) is 46.6 Å². The van der Waals surface area contributed by atoms with Crippen LogP contribution in [0.5, 0.6) is 5.75 Å². The van der Waals surface area contributed by atoms with Crippen molar-refractivity contribution in [2.24, 2.45) is 0 Å². The first-order valence-corrected chi connectivity index (χ1v) is 10.2. The predicted octanol–water partition coefficient (Wildman–Crippen LogP) is 3.67. The summed E-state index contributed by atoms with van der Waals surface area (Å²) in [6.45, 7) is 8.78. The third-order valence-corrected chi connectivity index (χ3v) is 5.04. The highest BCUT2D eigenvalue weighted by Gasteiger charge is 2.25. The second-order valence-corrected chi connectivity index (χ2v) is 7.32. The molecule has 0 aliphatic rings. The van der Waals surface area contributed by atoms with Crippen LogP contribution in [0.4, 0.5) is 0 Å². The molecular formula is C24H32N2O3. The number of carbonyl (C=O) groups is 2. The maximum atomic E-state index is 12.9. The lowest BCUT2D eigenvalue weighted by molar-refractivity contribution is -0.141. The van der Waals surface area contributed by atoms with Gasteiger partial charge in [0.05, 0.1) is 0 Å². The molecule has 0 aromatic heterocycles. The van der Waals surface area contributed by atoms with Gasteiger partial charge in [-0.05, 0) is 62.4 Å². The Hall–Kier alpha value is -2.82. The van der Waals surface area contributed by atoms with Crippen LogP contribution in [-0.4, -0.2) is 42.5 Å². The molecule has 2 aromatic carbocycles. The van der Waals surface area contributed by atoms with E-state index in [2.05, 4.69) is 5.32 Å². The fourth-order valence-electron chi connectivity index (χ4n) is 3.00. The molecule has 2 aromatic rings. The lowest BCUT2D eigenvalue weighted by Crippen LogP contribution is -2.50. The van der Waals surface area contributed by atoms with Gasteiger partial charge in [0, 0.05) is 13.1 Å². The van der Waals surface area contributed by atoms with Gasteiger partial charge in [-0.25, -0.2) is 0 Å². The minimum absolute atomic E-state index is 0.0946. The molecule has 0 saturated carbocycles. The zero-order valence-electron chi connectivity index (χ0n) is 17.9. The van der Waals surface area contributed by atoms with Crippen LogP contribution in [0.25, 0.3) is 0 Å². The van der Waals surface area contributed by atoms with Gasteiger partial charge in [0.2, 0.25) is 5.91 Å². The highest BCUT2D eigenvalue weighted by molar-refractivity contribution is 5.87. The van der Waals surface area contributed by atoms with Crippen molar-refractivity contribution in [1.29, 1.82) is 0 Å². The summed E-state index contributed by atoms with van der Waals surface area (Å²) in [6, 6.07) is 15.2. The summed E-state index contributed by atoms with van der Waals surface area (Å²) < 4.78 is 5.72. The van der Waals surface area contributed by atoms with Crippen molar-refractivity contribution >= 4 is 11.8 Å². The van der Waals surface area contributed by atoms with E-state index in [0.717, 1.165) is 17.5 Å². The number of hydrogen-bond donors (Lipinski definition) is 1. The van der Waals surface area contributed by atoms with Crippen LogP contribution in [0.3, 0.4) is 0 Å². The van der Waals surface area contributed by atoms with Crippen molar-refractivity contribution in [2.75, 3.05) is 19.7 Å². The largest absolute Gasteiger partial charge is 0.484 e. The van der Waals surface area contributed by atoms with Gasteiger partial charge in [0.25, 0.3) is 5.91 Å². The number of rotatable bonds is 10. The zero-order valence-corrected chi connectivity index (χ0v) is 17.9. The molecule has 2 rings (SSSR count). The Labute approximate surface area is 174 Å². The van der Waals surface area contributed by atoms with Crippen LogP contribution in [0, 0.1) is 13.8 Å². The summed E-state index contributed by atoms with van der Waals surface area (Å²) >= 11 is 0. The van der Waals surface area contributed by atoms with Crippen LogP contribution in [-0.2, 0) is 16.0 Å². The molecular weight excluding hydrogens is 364 g/mol. The van der Waals surface area contributed by atoms with Gasteiger partial charge in [-0.3, -0.25) is 9.59 Å². The zero-order chi connectivity index (χ0) is 21.2. The van der Waals surface area contributed by atoms with Gasteiger partial charge in [0.15, 0.2) is 6.61 Å². The lowest BCUT2D eigenvalue weighted by Gasteiger charge is -2.28. The molecule has 0 aliphatic carbocycles. The standard InChI is InChI=1S/C24H32N2O3/c1-5-14-25-24(28)20(4)26(15-13-21-9-7-6-8-10-21)23(27)17-29-22-12-11-18(2)19(3)16-22/h6-12,16,20H,5,13-15,17H2,1-4H3,(H,25,28). The number of aryl methyl sites for hydroxylation is 2. The van der Waals surface area contributed by atoms with Crippen LogP contribution in [0.2, 0.25) is 0 Å². The van der Waals surface area contributed by atoms with Crippen molar-refractivity contribution in [1.82, 2.24) is 10.2 Å². The van der Waals surface area contributed by atoms with Gasteiger partial charge in [-0.15, -0.1) is 0 Å². The van der Waals surface area contributed by atoms with Crippen molar-refractivity contribution in [3.63, 3.8) is 0 Å². The first-order valence-electron chi connectivity index (χ1n) is 10.2. The Kier molecular flexibility index (Phi) is 8.71. The average molecular weight is 397 g/mol. The number of ether oxygens (including phenoxy) is 1. The predicted molar refractivity (Wildman–Crippen MR) is 116 cm³/mol. The fraction of sp³-hybridized carbons (Fsp3) is 0.417. The number of hydrogen-bond acceptors (Lipinski definition) is 3. The molecule has 0 saturated heterocycles. The monoisotopic (exact) mass is 396 g/mol. The third-order valence-electron chi connectivity index (χ3n) is 5.04. The van der Waals surface area contributed by atoms with Crippen molar-refractivity contribution in [3.8, 4) is 5.75 Å². The number of nitrogens with zero attached hydrogens (tertiary/aromatic N) is 1. The van der Waals surface area contributed by atoms with E-state index in [1.165, 1.54) is 5.56 Å². The minimum atomic E-state index is -0.555. The molecule has 1 atom stereocenters. The summed E-state index contributed by atoms with van der Waals surface area (Å²) in [5.74, 6) is 0.324. The summed E-state index contributed by atoms with van der Waals surface area (Å²) in [5, 5.41) is 2.88. The molecule has 1 N–H and O–H groups in total. The summed E-state index contributed by atoms with van der Waals surface area (Å²) in [5.41, 5.74) is 3.42. The smallest absolute Gasteiger partial charge is 0.261 e. The minimum Gasteiger partial charge on any atom is -0.484 e. The second-order valence-electron chi connectivity index (χ2n) is 7.32. The van der Waals surface area contributed by atoms with E-state index in [0.29, 0.717) is 25.3 Å². The number of benzene rings is 2. The van der Waals surface area contributed by atoms with E-state index in [9.17, 15) is 9.59 Å². The Morgan fingerprint density at radius 1 is 1.07 bits per heavy atom. The maximum Gasteiger partial charge on any atom is 0.261 e. The molecule has 0 fully saturated rings. The first kappa shape index (κ1) is 22.5. The van der Waals surface area contributed by atoms with Crippen molar-refractivity contribution < 1.29 is 14.3 Å². The molecule has 2 amide bonds. The molecule has 0 spiro atoms. The van der Waals surface area contributed by atoms with E-state index in [1.54, 1.807) is 11.8 Å². The first-order chi connectivity index (χ1) is 13.9. The number of carbonyl (C=O) groups excluding carboxylic acids is 2. The Balaban J connectivity index is 2.05. The van der Waals surface area contributed by atoms with E-state index >= 15 is 0 Å². The summed E-state index contributed by atoms with van der Waals surface area (Å²) in [6.07, 6.45) is 1.54. The van der Waals surface area contributed by atoms with Gasteiger partial charge in [-0.1, -0.05) is 43.3 Å². The van der Waals surface area contributed by atoms with Gasteiger partial charge in [-0.2, -0.15) is 0 Å². The molecule has 156 valence electrons. The molecule has 29 heavy (non-hydrogen) atoms. The third kappa shape index (κ3) is 6.93. The molecule has 0 radical (unpaired) electrons. The van der Waals surface area contributed by atoms with Crippen LogP contribution < -0.4 is 10.1 Å². The highest BCUT2D eigenvalue weighted by atomic mass is 16.5. The molecule has 0 bridgehead atoms. The Morgan fingerprint density at radius 2 is 1.79 bits per heavy atom. The molecule has 5 heteroatoms. The Morgan fingerprint density at radius 3 is 2.45 bits per heavy atom. The molecule has 0 aliphatic heterocycles. The summed E-state index contributed by atoms with van der Waals surface area (Å²) in [4.78, 5) is 27.0. The van der Waals surface area contributed by atoms with E-state index in [4.69, 9.17) is 4.74 Å². The normalized spacial score (nSPS) is 11.6. The van der Waals surface area contributed by atoms with Gasteiger partial charge in [0.1, 0.15) is 11.8 Å². The highest BCUT2D eigenvalue weighted by Crippen LogP contribution is 2.17. The van der Waals surface area contributed by atoms with Crippen LogP contribution in [0.15, 0.2) is 48.5 Å². The fourth-order valence-corrected chi connectivity index (χ4v) is 3.00. The number of amides is 2. The van der Waals surface area contributed by atoms with E-state index < -0.39 is 6.04 Å². The SMILES string of the molecule is CCCNC(=O)C(C)N(CCc1ccccc1)C(=O)COc1ccc(C)c(C)c1. The average Bonchev–Trinajstić information content (AvgIpc) is 2.73. The molecule has 1 unspecified atom stereocenters. The summed E-state index contributed by atoms with van der Waals surface area (Å²) in [7, 11) is 0. The Bertz CT molecular complexity index is 805. The maximum absolute atomic E-state index is 12.9. The van der Waals surface area contributed by atoms with E-state index in [1.807, 2.05) is 69.3 Å². The quantitative estimate of drug-likeness (QED) is 0.667. The molecule has 0 heterocycles. The van der Waals surface area contributed by atoms with E-state index in [-0.39, 0.29) is 18.4 Å². The number of nitrogens with one attached hydrogen (secondary N) is 1. The second kappa shape index (κ2) is 11.2. The lowest BCUT2D eigenvalue weighted by atomic mass is 10.1. The van der Waals surface area contributed by atoms with Crippen LogP contribution in [0.1, 0.15) is 37.0 Å². The molecule has 5 nitrogen and oxygen atoms in total. The topological polar surface area (TPSA) is 58.6 Å². The van der Waals surface area contributed by atoms with Gasteiger partial charge >= 0.3 is 0 Å².